The minimum absolute atomic E-state index is 0.176. The van der Waals surface area contributed by atoms with Crippen molar-refractivity contribution in [3.63, 3.8) is 0 Å². The first-order valence-corrected chi connectivity index (χ1v) is 7.06. The number of nitrogens with zero attached hydrogens (tertiary/aromatic N) is 1. The van der Waals surface area contributed by atoms with Crippen LogP contribution in [0.15, 0.2) is 18.2 Å². The Labute approximate surface area is 114 Å². The van der Waals surface area contributed by atoms with Gasteiger partial charge in [-0.25, -0.2) is 4.39 Å². The molecule has 3 N–H and O–H groups in total. The van der Waals surface area contributed by atoms with Crippen LogP contribution >= 0.6 is 0 Å². The molecule has 1 saturated heterocycles. The summed E-state index contributed by atoms with van der Waals surface area (Å²) < 4.78 is 13.4. The van der Waals surface area contributed by atoms with Gasteiger partial charge < -0.3 is 15.7 Å². The molecule has 1 aliphatic heterocycles. The normalized spacial score (nSPS) is 20.8. The SMILES string of the molecule is C[C@@H](N)c1cc(F)ccc1N1CCCC1CCCO. The summed E-state index contributed by atoms with van der Waals surface area (Å²) in [4.78, 5) is 2.33. The van der Waals surface area contributed by atoms with E-state index in [1.165, 1.54) is 6.07 Å². The first-order chi connectivity index (χ1) is 9.13. The van der Waals surface area contributed by atoms with Crippen molar-refractivity contribution in [2.24, 2.45) is 5.73 Å². The third-order valence-electron chi connectivity index (χ3n) is 3.86. The van der Waals surface area contributed by atoms with Crippen LogP contribution < -0.4 is 10.6 Å². The van der Waals surface area contributed by atoms with Crippen LogP contribution in [-0.4, -0.2) is 24.3 Å². The van der Waals surface area contributed by atoms with Crippen molar-refractivity contribution in [2.45, 2.75) is 44.7 Å². The van der Waals surface area contributed by atoms with Crippen molar-refractivity contribution in [1.82, 2.24) is 0 Å². The molecule has 0 spiro atoms. The summed E-state index contributed by atoms with van der Waals surface area (Å²) in [6, 6.07) is 5.15. The van der Waals surface area contributed by atoms with Crippen molar-refractivity contribution in [1.29, 1.82) is 0 Å². The van der Waals surface area contributed by atoms with E-state index in [1.807, 2.05) is 13.0 Å². The van der Waals surface area contributed by atoms with E-state index >= 15 is 0 Å². The summed E-state index contributed by atoms with van der Waals surface area (Å²) in [5, 5.41) is 8.97. The summed E-state index contributed by atoms with van der Waals surface area (Å²) in [5.74, 6) is -0.234. The molecule has 1 heterocycles. The molecule has 2 atom stereocenters. The maximum atomic E-state index is 13.4. The zero-order valence-corrected chi connectivity index (χ0v) is 11.5. The number of hydrogen-bond donors (Lipinski definition) is 2. The highest BCUT2D eigenvalue weighted by Crippen LogP contribution is 2.33. The number of aliphatic hydroxyl groups excluding tert-OH is 1. The molecule has 0 aromatic heterocycles. The fourth-order valence-electron chi connectivity index (χ4n) is 2.93. The Morgan fingerprint density at radius 1 is 1.53 bits per heavy atom. The lowest BCUT2D eigenvalue weighted by Gasteiger charge is -2.30. The van der Waals surface area contributed by atoms with Crippen LogP contribution in [0.3, 0.4) is 0 Å². The Morgan fingerprint density at radius 3 is 3.00 bits per heavy atom. The second-order valence-corrected chi connectivity index (χ2v) is 5.35. The molecular weight excluding hydrogens is 243 g/mol. The van der Waals surface area contributed by atoms with E-state index < -0.39 is 0 Å². The Kier molecular flexibility index (Phi) is 4.77. The minimum atomic E-state index is -0.234. The predicted molar refractivity (Wildman–Crippen MR) is 75.7 cm³/mol. The van der Waals surface area contributed by atoms with Gasteiger partial charge in [-0.1, -0.05) is 0 Å². The monoisotopic (exact) mass is 266 g/mol. The van der Waals surface area contributed by atoms with Crippen molar-refractivity contribution in [3.05, 3.63) is 29.6 Å². The lowest BCUT2D eigenvalue weighted by molar-refractivity contribution is 0.279. The van der Waals surface area contributed by atoms with Gasteiger partial charge in [-0.05, 0) is 56.4 Å². The number of aliphatic hydroxyl groups is 1. The number of anilines is 1. The number of hydrogen-bond acceptors (Lipinski definition) is 3. The average Bonchev–Trinajstić information content (AvgIpc) is 2.84. The maximum Gasteiger partial charge on any atom is 0.123 e. The molecule has 0 aliphatic carbocycles. The van der Waals surface area contributed by atoms with E-state index in [4.69, 9.17) is 10.8 Å². The molecule has 2 rings (SSSR count). The van der Waals surface area contributed by atoms with Crippen molar-refractivity contribution in [3.8, 4) is 0 Å². The van der Waals surface area contributed by atoms with Gasteiger partial charge in [0.2, 0.25) is 0 Å². The Balaban J connectivity index is 2.24. The second-order valence-electron chi connectivity index (χ2n) is 5.35. The molecule has 4 heteroatoms. The molecule has 0 amide bonds. The number of benzene rings is 1. The molecule has 1 fully saturated rings. The van der Waals surface area contributed by atoms with Gasteiger partial charge in [0.25, 0.3) is 0 Å². The maximum absolute atomic E-state index is 13.4. The summed E-state index contributed by atoms with van der Waals surface area (Å²) in [7, 11) is 0. The highest BCUT2D eigenvalue weighted by molar-refractivity contribution is 5.56. The lowest BCUT2D eigenvalue weighted by atomic mass is 10.0. The van der Waals surface area contributed by atoms with E-state index in [0.717, 1.165) is 43.5 Å². The quantitative estimate of drug-likeness (QED) is 0.861. The van der Waals surface area contributed by atoms with Crippen LogP contribution in [0.25, 0.3) is 0 Å². The van der Waals surface area contributed by atoms with Crippen molar-refractivity contribution >= 4 is 5.69 Å². The first-order valence-electron chi connectivity index (χ1n) is 7.06. The van der Waals surface area contributed by atoms with E-state index in [-0.39, 0.29) is 18.5 Å². The number of halogens is 1. The van der Waals surface area contributed by atoms with Gasteiger partial charge in [0.05, 0.1) is 0 Å². The third kappa shape index (κ3) is 3.25. The van der Waals surface area contributed by atoms with Crippen LogP contribution in [-0.2, 0) is 0 Å². The summed E-state index contributed by atoms with van der Waals surface area (Å²) in [5.41, 5.74) is 7.89. The van der Waals surface area contributed by atoms with E-state index in [2.05, 4.69) is 4.90 Å². The Hall–Kier alpha value is -1.13. The van der Waals surface area contributed by atoms with E-state index in [1.54, 1.807) is 6.07 Å². The van der Waals surface area contributed by atoms with Gasteiger partial charge in [0.1, 0.15) is 5.82 Å². The van der Waals surface area contributed by atoms with Gasteiger partial charge in [0.15, 0.2) is 0 Å². The highest BCUT2D eigenvalue weighted by Gasteiger charge is 2.26. The minimum Gasteiger partial charge on any atom is -0.396 e. The third-order valence-corrected chi connectivity index (χ3v) is 3.86. The smallest absolute Gasteiger partial charge is 0.123 e. The van der Waals surface area contributed by atoms with Crippen LogP contribution in [0.5, 0.6) is 0 Å². The fraction of sp³-hybridized carbons (Fsp3) is 0.600. The van der Waals surface area contributed by atoms with Crippen LogP contribution in [0, 0.1) is 5.82 Å². The molecular formula is C15H23FN2O. The molecule has 1 aromatic rings. The van der Waals surface area contributed by atoms with Gasteiger partial charge in [-0.3, -0.25) is 0 Å². The van der Waals surface area contributed by atoms with Crippen LogP contribution in [0.2, 0.25) is 0 Å². The summed E-state index contributed by atoms with van der Waals surface area (Å²) in [6.07, 6.45) is 4.07. The van der Waals surface area contributed by atoms with Crippen LogP contribution in [0.1, 0.15) is 44.2 Å². The van der Waals surface area contributed by atoms with E-state index in [9.17, 15) is 4.39 Å². The second kappa shape index (κ2) is 6.35. The molecule has 1 aromatic carbocycles. The molecule has 3 nitrogen and oxygen atoms in total. The molecule has 0 radical (unpaired) electrons. The number of rotatable bonds is 5. The lowest BCUT2D eigenvalue weighted by Crippen LogP contribution is -2.31. The Bertz CT molecular complexity index is 423. The molecule has 1 unspecified atom stereocenters. The largest absolute Gasteiger partial charge is 0.396 e. The van der Waals surface area contributed by atoms with Gasteiger partial charge >= 0.3 is 0 Å². The summed E-state index contributed by atoms with van der Waals surface area (Å²) >= 11 is 0. The van der Waals surface area contributed by atoms with Gasteiger partial charge in [-0.15, -0.1) is 0 Å². The van der Waals surface area contributed by atoms with Gasteiger partial charge in [-0.2, -0.15) is 0 Å². The zero-order chi connectivity index (χ0) is 13.8. The molecule has 1 aliphatic rings. The molecule has 0 bridgehead atoms. The molecule has 19 heavy (non-hydrogen) atoms. The first kappa shape index (κ1) is 14.3. The topological polar surface area (TPSA) is 49.5 Å². The summed E-state index contributed by atoms with van der Waals surface area (Å²) in [6.45, 7) is 3.10. The predicted octanol–water partition coefficient (Wildman–Crippen LogP) is 2.59. The van der Waals surface area contributed by atoms with Crippen LogP contribution in [0.4, 0.5) is 10.1 Å². The standard InChI is InChI=1S/C15H23FN2O/c1-11(17)14-10-12(16)6-7-15(14)18-8-2-4-13(18)5-3-9-19/h6-7,10-11,13,19H,2-5,8-9,17H2,1H3/t11-,13?/m1/s1. The van der Waals surface area contributed by atoms with Gasteiger partial charge in [0, 0.05) is 30.9 Å². The zero-order valence-electron chi connectivity index (χ0n) is 11.5. The highest BCUT2D eigenvalue weighted by atomic mass is 19.1. The number of nitrogens with two attached hydrogens (primary N) is 1. The average molecular weight is 266 g/mol. The molecule has 0 saturated carbocycles. The van der Waals surface area contributed by atoms with E-state index in [0.29, 0.717) is 6.04 Å². The Morgan fingerprint density at radius 2 is 2.32 bits per heavy atom. The fourth-order valence-corrected chi connectivity index (χ4v) is 2.93. The molecule has 106 valence electrons. The van der Waals surface area contributed by atoms with Crippen molar-refractivity contribution in [2.75, 3.05) is 18.1 Å². The van der Waals surface area contributed by atoms with Crippen molar-refractivity contribution < 1.29 is 9.50 Å².